The molecular weight excluding hydrogens is 316 g/mol. The molecule has 2 heterocycles. The van der Waals surface area contributed by atoms with E-state index in [0.29, 0.717) is 32.1 Å². The molecule has 1 aromatic rings. The number of benzene rings is 1. The van der Waals surface area contributed by atoms with Gasteiger partial charge in [-0.1, -0.05) is 30.3 Å². The van der Waals surface area contributed by atoms with Gasteiger partial charge in [0, 0.05) is 26.2 Å². The van der Waals surface area contributed by atoms with Gasteiger partial charge < -0.3 is 9.80 Å². The summed E-state index contributed by atoms with van der Waals surface area (Å²) in [5.74, 6) is -1.56. The number of carbonyl (C=O) groups is 3. The van der Waals surface area contributed by atoms with Gasteiger partial charge in [0.05, 0.1) is 0 Å². The highest BCUT2D eigenvalue weighted by Crippen LogP contribution is 2.22. The fourth-order valence-corrected chi connectivity index (χ4v) is 3.76. The second kappa shape index (κ2) is 8.28. The Morgan fingerprint density at radius 2 is 1.36 bits per heavy atom. The van der Waals surface area contributed by atoms with Gasteiger partial charge in [-0.15, -0.1) is 0 Å². The fourth-order valence-electron chi connectivity index (χ4n) is 3.76. The monoisotopic (exact) mass is 342 g/mol. The van der Waals surface area contributed by atoms with E-state index in [4.69, 9.17) is 0 Å². The van der Waals surface area contributed by atoms with E-state index < -0.39 is 17.6 Å². The van der Waals surface area contributed by atoms with Gasteiger partial charge in [-0.3, -0.25) is 14.4 Å². The lowest BCUT2D eigenvalue weighted by Crippen LogP contribution is -2.49. The molecule has 1 aromatic carbocycles. The van der Waals surface area contributed by atoms with Crippen LogP contribution in [-0.4, -0.2) is 53.6 Å². The summed E-state index contributed by atoms with van der Waals surface area (Å²) in [5, 5.41) is 0. The highest BCUT2D eigenvalue weighted by atomic mass is 16.2. The molecule has 2 amide bonds. The van der Waals surface area contributed by atoms with Crippen LogP contribution >= 0.6 is 0 Å². The Kier molecular flexibility index (Phi) is 5.84. The third-order valence-corrected chi connectivity index (χ3v) is 5.30. The van der Waals surface area contributed by atoms with Crippen LogP contribution in [0.2, 0.25) is 0 Å². The molecule has 2 fully saturated rings. The van der Waals surface area contributed by atoms with Crippen molar-refractivity contribution in [3.05, 3.63) is 35.9 Å². The Hall–Kier alpha value is -2.17. The first-order chi connectivity index (χ1) is 12.1. The van der Waals surface area contributed by atoms with Gasteiger partial charge in [0.15, 0.2) is 0 Å². The van der Waals surface area contributed by atoms with Gasteiger partial charge in [0.25, 0.3) is 11.8 Å². The summed E-state index contributed by atoms with van der Waals surface area (Å²) in [6.45, 7) is 2.32. The van der Waals surface area contributed by atoms with E-state index in [9.17, 15) is 14.4 Å². The Labute approximate surface area is 149 Å². The van der Waals surface area contributed by atoms with E-state index >= 15 is 0 Å². The number of hydrogen-bond acceptors (Lipinski definition) is 3. The van der Waals surface area contributed by atoms with Crippen molar-refractivity contribution in [3.8, 4) is 0 Å². The molecule has 25 heavy (non-hydrogen) atoms. The molecule has 0 aliphatic carbocycles. The van der Waals surface area contributed by atoms with Crippen LogP contribution in [0.4, 0.5) is 0 Å². The van der Waals surface area contributed by atoms with Crippen molar-refractivity contribution in [3.63, 3.8) is 0 Å². The van der Waals surface area contributed by atoms with Crippen LogP contribution in [0.1, 0.15) is 37.7 Å². The molecule has 134 valence electrons. The number of amides is 2. The lowest BCUT2D eigenvalue weighted by molar-refractivity contribution is -0.154. The quantitative estimate of drug-likeness (QED) is 0.622. The normalized spacial score (nSPS) is 18.9. The molecule has 0 unspecified atom stereocenters. The first-order valence-electron chi connectivity index (χ1n) is 9.31. The number of piperidine rings is 2. The second-order valence-electron chi connectivity index (χ2n) is 7.11. The Morgan fingerprint density at radius 3 is 1.96 bits per heavy atom. The lowest BCUT2D eigenvalue weighted by atomic mass is 9.90. The fraction of sp³-hybridized carbons (Fsp3) is 0.550. The average molecular weight is 342 g/mol. The minimum absolute atomic E-state index is 0.527. The number of Topliss-reactive ketones (excluding diaryl/α,β-unsaturated/α-hetero) is 1. The van der Waals surface area contributed by atoms with Gasteiger partial charge in [0.1, 0.15) is 0 Å². The van der Waals surface area contributed by atoms with Gasteiger partial charge in [0.2, 0.25) is 0 Å². The largest absolute Gasteiger partial charge is 0.336 e. The molecule has 0 bridgehead atoms. The Balaban J connectivity index is 1.49. The molecule has 2 aliphatic rings. The van der Waals surface area contributed by atoms with Crippen molar-refractivity contribution in [2.75, 3.05) is 26.2 Å². The SMILES string of the molecule is O=C(C(=O)N1CCCCC1)C(=O)N1CCC(Cc2ccccc2)CC1. The van der Waals surface area contributed by atoms with Crippen LogP contribution < -0.4 is 0 Å². The maximum absolute atomic E-state index is 12.4. The topological polar surface area (TPSA) is 57.7 Å². The molecule has 0 spiro atoms. The summed E-state index contributed by atoms with van der Waals surface area (Å²) < 4.78 is 0. The highest BCUT2D eigenvalue weighted by molar-refractivity contribution is 6.62. The molecule has 0 saturated carbocycles. The Bertz CT molecular complexity index is 615. The number of ketones is 1. The zero-order valence-corrected chi connectivity index (χ0v) is 14.7. The van der Waals surface area contributed by atoms with E-state index in [1.54, 1.807) is 4.90 Å². The van der Waals surface area contributed by atoms with Crippen LogP contribution in [0.15, 0.2) is 30.3 Å². The number of likely N-dealkylation sites (tertiary alicyclic amines) is 2. The maximum Gasteiger partial charge on any atom is 0.307 e. The molecule has 0 aromatic heterocycles. The zero-order chi connectivity index (χ0) is 17.6. The highest BCUT2D eigenvalue weighted by Gasteiger charge is 2.33. The maximum atomic E-state index is 12.4. The van der Waals surface area contributed by atoms with E-state index in [0.717, 1.165) is 38.5 Å². The van der Waals surface area contributed by atoms with Crippen molar-refractivity contribution in [1.82, 2.24) is 9.80 Å². The van der Waals surface area contributed by atoms with E-state index in [-0.39, 0.29) is 0 Å². The number of rotatable bonds is 4. The van der Waals surface area contributed by atoms with Gasteiger partial charge >= 0.3 is 5.78 Å². The molecule has 0 radical (unpaired) electrons. The van der Waals surface area contributed by atoms with Gasteiger partial charge in [-0.05, 0) is 50.0 Å². The van der Waals surface area contributed by atoms with Crippen LogP contribution in [0, 0.1) is 5.92 Å². The Morgan fingerprint density at radius 1 is 0.800 bits per heavy atom. The summed E-state index contributed by atoms with van der Waals surface area (Å²) in [6.07, 6.45) is 5.68. The lowest BCUT2D eigenvalue weighted by Gasteiger charge is -2.32. The van der Waals surface area contributed by atoms with Crippen molar-refractivity contribution in [2.45, 2.75) is 38.5 Å². The molecule has 0 atom stereocenters. The first-order valence-corrected chi connectivity index (χ1v) is 9.31. The molecule has 2 aliphatic heterocycles. The van der Waals surface area contributed by atoms with Crippen LogP contribution in [0.3, 0.4) is 0 Å². The third-order valence-electron chi connectivity index (χ3n) is 5.30. The van der Waals surface area contributed by atoms with Crippen molar-refractivity contribution in [2.24, 2.45) is 5.92 Å². The van der Waals surface area contributed by atoms with Crippen molar-refractivity contribution < 1.29 is 14.4 Å². The summed E-state index contributed by atoms with van der Waals surface area (Å²) in [7, 11) is 0. The predicted octanol–water partition coefficient (Wildman–Crippen LogP) is 2.05. The average Bonchev–Trinajstić information content (AvgIpc) is 2.68. The smallest absolute Gasteiger partial charge is 0.307 e. The minimum Gasteiger partial charge on any atom is -0.336 e. The summed E-state index contributed by atoms with van der Waals surface area (Å²) in [6, 6.07) is 10.3. The van der Waals surface area contributed by atoms with E-state index in [1.807, 2.05) is 18.2 Å². The van der Waals surface area contributed by atoms with Crippen molar-refractivity contribution >= 4 is 17.6 Å². The van der Waals surface area contributed by atoms with Crippen LogP contribution in [0.5, 0.6) is 0 Å². The molecule has 5 nitrogen and oxygen atoms in total. The summed E-state index contributed by atoms with van der Waals surface area (Å²) in [5.41, 5.74) is 1.31. The third kappa shape index (κ3) is 4.47. The second-order valence-corrected chi connectivity index (χ2v) is 7.11. The molecular formula is C20H26N2O3. The summed E-state index contributed by atoms with van der Waals surface area (Å²) in [4.78, 5) is 39.9. The van der Waals surface area contributed by atoms with Crippen LogP contribution in [0.25, 0.3) is 0 Å². The van der Waals surface area contributed by atoms with Crippen LogP contribution in [-0.2, 0) is 20.8 Å². The molecule has 3 rings (SSSR count). The van der Waals surface area contributed by atoms with E-state index in [2.05, 4.69) is 12.1 Å². The van der Waals surface area contributed by atoms with Gasteiger partial charge in [-0.25, -0.2) is 0 Å². The first kappa shape index (κ1) is 17.6. The van der Waals surface area contributed by atoms with Gasteiger partial charge in [-0.2, -0.15) is 0 Å². The zero-order valence-electron chi connectivity index (χ0n) is 14.7. The number of nitrogens with zero attached hydrogens (tertiary/aromatic N) is 2. The minimum atomic E-state index is -0.858. The number of carbonyl (C=O) groups excluding carboxylic acids is 3. The standard InChI is InChI=1S/C20H26N2O3/c23-18(19(24)21-11-5-2-6-12-21)20(25)22-13-9-17(10-14-22)15-16-7-3-1-4-8-16/h1,3-4,7-8,17H,2,5-6,9-15H2. The molecule has 5 heteroatoms. The predicted molar refractivity (Wildman–Crippen MR) is 94.9 cm³/mol. The molecule has 2 saturated heterocycles. The summed E-state index contributed by atoms with van der Waals surface area (Å²) >= 11 is 0. The number of hydrogen-bond donors (Lipinski definition) is 0. The van der Waals surface area contributed by atoms with E-state index in [1.165, 1.54) is 10.5 Å². The molecule has 0 N–H and O–H groups in total. The van der Waals surface area contributed by atoms with Crippen molar-refractivity contribution in [1.29, 1.82) is 0 Å².